The lowest BCUT2D eigenvalue weighted by atomic mass is 10.1. The Kier molecular flexibility index (Phi) is 7.96. The van der Waals surface area contributed by atoms with Crippen molar-refractivity contribution in [3.05, 3.63) is 59.7 Å². The smallest absolute Gasteiger partial charge is 0.254 e. The van der Waals surface area contributed by atoms with E-state index in [9.17, 15) is 13.2 Å². The van der Waals surface area contributed by atoms with Crippen LogP contribution >= 0.6 is 0 Å². The SMILES string of the molecule is CCCCCOc1ccc(C(=O)N(Cc2ccc(OC)cc2)[C@@H]2CCS(=O)(=O)C2)cc1. The summed E-state index contributed by atoms with van der Waals surface area (Å²) in [4.78, 5) is 15.0. The third kappa shape index (κ3) is 6.47. The lowest BCUT2D eigenvalue weighted by Crippen LogP contribution is -2.40. The van der Waals surface area contributed by atoms with Crippen LogP contribution in [-0.2, 0) is 16.4 Å². The van der Waals surface area contributed by atoms with Gasteiger partial charge in [0.1, 0.15) is 11.5 Å². The van der Waals surface area contributed by atoms with E-state index in [-0.39, 0.29) is 23.5 Å². The fourth-order valence-electron chi connectivity index (χ4n) is 3.72. The molecule has 1 heterocycles. The fraction of sp³-hybridized carbons (Fsp3) is 0.458. The number of rotatable bonds is 10. The van der Waals surface area contributed by atoms with Gasteiger partial charge >= 0.3 is 0 Å². The monoisotopic (exact) mass is 445 g/mol. The molecule has 2 aromatic rings. The summed E-state index contributed by atoms with van der Waals surface area (Å²) >= 11 is 0. The van der Waals surface area contributed by atoms with Crippen LogP contribution < -0.4 is 9.47 Å². The van der Waals surface area contributed by atoms with Crippen LogP contribution in [0.25, 0.3) is 0 Å². The highest BCUT2D eigenvalue weighted by molar-refractivity contribution is 7.91. The molecule has 0 bridgehead atoms. The summed E-state index contributed by atoms with van der Waals surface area (Å²) in [5, 5.41) is 0. The molecular formula is C24H31NO5S. The Morgan fingerprint density at radius 3 is 2.29 bits per heavy atom. The summed E-state index contributed by atoms with van der Waals surface area (Å²) < 4.78 is 35.1. The molecule has 31 heavy (non-hydrogen) atoms. The van der Waals surface area contributed by atoms with Crippen LogP contribution in [0.15, 0.2) is 48.5 Å². The van der Waals surface area contributed by atoms with Crippen molar-refractivity contribution >= 4 is 15.7 Å². The van der Waals surface area contributed by atoms with Crippen LogP contribution in [0.2, 0.25) is 0 Å². The lowest BCUT2D eigenvalue weighted by Gasteiger charge is -2.28. The number of ether oxygens (including phenoxy) is 2. The van der Waals surface area contributed by atoms with Gasteiger partial charge in [-0.2, -0.15) is 0 Å². The largest absolute Gasteiger partial charge is 0.497 e. The summed E-state index contributed by atoms with van der Waals surface area (Å²) in [6.07, 6.45) is 3.73. The molecule has 0 N–H and O–H groups in total. The van der Waals surface area contributed by atoms with E-state index in [1.807, 2.05) is 24.3 Å². The number of sulfone groups is 1. The van der Waals surface area contributed by atoms with Gasteiger partial charge in [0.15, 0.2) is 9.84 Å². The molecule has 0 unspecified atom stereocenters. The first kappa shape index (κ1) is 23.1. The van der Waals surface area contributed by atoms with E-state index in [0.717, 1.165) is 36.3 Å². The summed E-state index contributed by atoms with van der Waals surface area (Å²) in [6, 6.07) is 14.3. The van der Waals surface area contributed by atoms with Crippen molar-refractivity contribution in [3.63, 3.8) is 0 Å². The molecule has 1 aliphatic heterocycles. The minimum absolute atomic E-state index is 0.00746. The topological polar surface area (TPSA) is 72.9 Å². The van der Waals surface area contributed by atoms with E-state index in [0.29, 0.717) is 25.1 Å². The van der Waals surface area contributed by atoms with Crippen molar-refractivity contribution in [1.29, 1.82) is 0 Å². The lowest BCUT2D eigenvalue weighted by molar-refractivity contribution is 0.0681. The van der Waals surface area contributed by atoms with Crippen LogP contribution in [0.3, 0.4) is 0 Å². The Balaban J connectivity index is 1.75. The highest BCUT2D eigenvalue weighted by atomic mass is 32.2. The van der Waals surface area contributed by atoms with E-state index in [1.54, 1.807) is 36.3 Å². The molecule has 7 heteroatoms. The quantitative estimate of drug-likeness (QED) is 0.515. The van der Waals surface area contributed by atoms with Gasteiger partial charge in [-0.25, -0.2) is 8.42 Å². The minimum Gasteiger partial charge on any atom is -0.497 e. The van der Waals surface area contributed by atoms with Crippen LogP contribution in [0.1, 0.15) is 48.5 Å². The maximum absolute atomic E-state index is 13.3. The Morgan fingerprint density at radius 2 is 1.71 bits per heavy atom. The Labute approximate surface area is 185 Å². The molecule has 0 spiro atoms. The number of amides is 1. The number of hydrogen-bond donors (Lipinski definition) is 0. The third-order valence-corrected chi connectivity index (χ3v) is 7.29. The Morgan fingerprint density at radius 1 is 1.03 bits per heavy atom. The summed E-state index contributed by atoms with van der Waals surface area (Å²) in [7, 11) is -1.51. The van der Waals surface area contributed by atoms with Crippen molar-refractivity contribution in [1.82, 2.24) is 4.90 Å². The molecule has 1 saturated heterocycles. The standard InChI is InChI=1S/C24H31NO5S/c1-3-4-5-15-30-23-12-8-20(9-13-23)24(26)25(21-14-16-31(27,28)18-21)17-19-6-10-22(29-2)11-7-19/h6-13,21H,3-5,14-18H2,1-2H3/t21-/m1/s1. The molecule has 1 fully saturated rings. The Bertz CT molecular complexity index is 954. The maximum atomic E-state index is 13.3. The van der Waals surface area contributed by atoms with Gasteiger partial charge in [0.2, 0.25) is 0 Å². The molecular weight excluding hydrogens is 414 g/mol. The predicted octanol–water partition coefficient (Wildman–Crippen LogP) is 4.09. The second kappa shape index (κ2) is 10.7. The molecule has 0 saturated carbocycles. The molecule has 6 nitrogen and oxygen atoms in total. The first-order valence-electron chi connectivity index (χ1n) is 10.8. The van der Waals surface area contributed by atoms with Crippen molar-refractivity contribution in [2.75, 3.05) is 25.2 Å². The van der Waals surface area contributed by atoms with E-state index >= 15 is 0 Å². The van der Waals surface area contributed by atoms with Crippen LogP contribution in [0, 0.1) is 0 Å². The maximum Gasteiger partial charge on any atom is 0.254 e. The van der Waals surface area contributed by atoms with E-state index in [2.05, 4.69) is 6.92 Å². The first-order valence-corrected chi connectivity index (χ1v) is 12.6. The summed E-state index contributed by atoms with van der Waals surface area (Å²) in [5.41, 5.74) is 1.45. The van der Waals surface area contributed by atoms with E-state index in [1.165, 1.54) is 0 Å². The normalized spacial score (nSPS) is 17.3. The van der Waals surface area contributed by atoms with Gasteiger partial charge in [-0.1, -0.05) is 31.9 Å². The van der Waals surface area contributed by atoms with Gasteiger partial charge in [0, 0.05) is 18.2 Å². The van der Waals surface area contributed by atoms with Crippen LogP contribution in [-0.4, -0.2) is 50.5 Å². The first-order chi connectivity index (χ1) is 14.9. The van der Waals surface area contributed by atoms with Crippen LogP contribution in [0.5, 0.6) is 11.5 Å². The Hall–Kier alpha value is -2.54. The predicted molar refractivity (Wildman–Crippen MR) is 121 cm³/mol. The second-order valence-electron chi connectivity index (χ2n) is 7.92. The zero-order valence-corrected chi connectivity index (χ0v) is 19.1. The number of hydrogen-bond acceptors (Lipinski definition) is 5. The summed E-state index contributed by atoms with van der Waals surface area (Å²) in [5.74, 6) is 1.43. The highest BCUT2D eigenvalue weighted by Crippen LogP contribution is 2.24. The van der Waals surface area contributed by atoms with Gasteiger partial charge in [-0.15, -0.1) is 0 Å². The number of unbranched alkanes of at least 4 members (excludes halogenated alkanes) is 2. The minimum atomic E-state index is -3.11. The van der Waals surface area contributed by atoms with Crippen molar-refractivity contribution < 1.29 is 22.7 Å². The molecule has 0 aliphatic carbocycles. The highest BCUT2D eigenvalue weighted by Gasteiger charge is 2.35. The van der Waals surface area contributed by atoms with Crippen molar-refractivity contribution in [2.24, 2.45) is 0 Å². The van der Waals surface area contributed by atoms with Crippen molar-refractivity contribution in [2.45, 2.75) is 45.2 Å². The molecule has 1 atom stereocenters. The number of nitrogens with zero attached hydrogens (tertiary/aromatic N) is 1. The molecule has 3 rings (SSSR count). The van der Waals surface area contributed by atoms with E-state index in [4.69, 9.17) is 9.47 Å². The molecule has 0 radical (unpaired) electrons. The number of carbonyl (C=O) groups is 1. The van der Waals surface area contributed by atoms with E-state index < -0.39 is 9.84 Å². The molecule has 1 aliphatic rings. The second-order valence-corrected chi connectivity index (χ2v) is 10.1. The number of carbonyl (C=O) groups excluding carboxylic acids is 1. The average Bonchev–Trinajstić information content (AvgIpc) is 3.15. The van der Waals surface area contributed by atoms with Gasteiger partial charge < -0.3 is 14.4 Å². The van der Waals surface area contributed by atoms with Gasteiger partial charge in [-0.3, -0.25) is 4.79 Å². The third-order valence-electron chi connectivity index (χ3n) is 5.54. The fourth-order valence-corrected chi connectivity index (χ4v) is 5.45. The molecule has 168 valence electrons. The van der Waals surface area contributed by atoms with Gasteiger partial charge in [0.25, 0.3) is 5.91 Å². The average molecular weight is 446 g/mol. The van der Waals surface area contributed by atoms with Gasteiger partial charge in [-0.05, 0) is 54.8 Å². The molecule has 1 amide bonds. The number of benzene rings is 2. The van der Waals surface area contributed by atoms with Crippen molar-refractivity contribution in [3.8, 4) is 11.5 Å². The van der Waals surface area contributed by atoms with Gasteiger partial charge in [0.05, 0.1) is 25.2 Å². The summed E-state index contributed by atoms with van der Waals surface area (Å²) in [6.45, 7) is 3.15. The van der Waals surface area contributed by atoms with Crippen LogP contribution in [0.4, 0.5) is 0 Å². The molecule has 2 aromatic carbocycles. The number of methoxy groups -OCH3 is 1. The zero-order valence-electron chi connectivity index (χ0n) is 18.2. The molecule has 0 aromatic heterocycles. The zero-order chi connectivity index (χ0) is 22.3.